The van der Waals surface area contributed by atoms with Gasteiger partial charge in [0.05, 0.1) is 24.6 Å². The van der Waals surface area contributed by atoms with Gasteiger partial charge >= 0.3 is 0 Å². The molecule has 0 bridgehead atoms. The summed E-state index contributed by atoms with van der Waals surface area (Å²) in [7, 11) is 3.27. The Morgan fingerprint density at radius 1 is 1.21 bits per heavy atom. The molecule has 0 amide bonds. The van der Waals surface area contributed by atoms with E-state index in [2.05, 4.69) is 0 Å². The van der Waals surface area contributed by atoms with Crippen LogP contribution in [0.3, 0.4) is 0 Å². The molecule has 0 aliphatic rings. The molecule has 2 N–H and O–H groups in total. The van der Waals surface area contributed by atoms with Crippen LogP contribution in [-0.4, -0.2) is 14.2 Å². The zero-order valence-corrected chi connectivity index (χ0v) is 8.85. The van der Waals surface area contributed by atoms with Gasteiger partial charge in [-0.1, -0.05) is 0 Å². The molecule has 1 aromatic heterocycles. The lowest BCUT2D eigenvalue weighted by atomic mass is 10.2. The molecule has 14 heavy (non-hydrogen) atoms. The van der Waals surface area contributed by atoms with E-state index in [4.69, 9.17) is 15.2 Å². The van der Waals surface area contributed by atoms with Crippen molar-refractivity contribution in [3.8, 4) is 11.5 Å². The fraction of sp³-hybridized carbons (Fsp3) is 0.200. The molecule has 1 heterocycles. The fourth-order valence-electron chi connectivity index (χ4n) is 1.37. The number of benzene rings is 1. The Bertz CT molecular complexity index is 464. The third-order valence-corrected chi connectivity index (χ3v) is 3.13. The number of rotatable bonds is 2. The predicted octanol–water partition coefficient (Wildman–Crippen LogP) is 2.50. The minimum absolute atomic E-state index is 0.763. The lowest BCUT2D eigenvalue weighted by Crippen LogP contribution is -1.88. The number of ether oxygens (including phenoxy) is 2. The number of thiophene rings is 1. The number of anilines is 1. The summed E-state index contributed by atoms with van der Waals surface area (Å²) in [4.78, 5) is 0. The van der Waals surface area contributed by atoms with Gasteiger partial charge in [0.25, 0.3) is 0 Å². The first-order valence-electron chi connectivity index (χ1n) is 4.15. The average Bonchev–Trinajstić information content (AvgIpc) is 2.59. The topological polar surface area (TPSA) is 44.5 Å². The second-order valence-corrected chi connectivity index (χ2v) is 3.78. The van der Waals surface area contributed by atoms with Crippen molar-refractivity contribution in [2.75, 3.05) is 20.0 Å². The summed E-state index contributed by atoms with van der Waals surface area (Å²) in [6.07, 6.45) is 0. The van der Waals surface area contributed by atoms with Gasteiger partial charge in [0.2, 0.25) is 0 Å². The quantitative estimate of drug-likeness (QED) is 0.826. The molecule has 2 aromatic rings. The van der Waals surface area contributed by atoms with Crippen LogP contribution in [0, 0.1) is 0 Å². The highest BCUT2D eigenvalue weighted by Gasteiger charge is 2.09. The Hall–Kier alpha value is -1.42. The minimum Gasteiger partial charge on any atom is -0.497 e. The van der Waals surface area contributed by atoms with Crippen LogP contribution in [0.1, 0.15) is 0 Å². The second kappa shape index (κ2) is 3.38. The number of nitrogen functional groups attached to an aromatic ring is 1. The molecule has 0 saturated heterocycles. The summed E-state index contributed by atoms with van der Waals surface area (Å²) in [6.45, 7) is 0. The maximum Gasteiger partial charge on any atom is 0.140 e. The van der Waals surface area contributed by atoms with E-state index in [0.29, 0.717) is 0 Å². The number of hydrogen-bond donors (Lipinski definition) is 1. The van der Waals surface area contributed by atoms with E-state index in [1.54, 1.807) is 25.6 Å². The van der Waals surface area contributed by atoms with E-state index in [9.17, 15) is 0 Å². The van der Waals surface area contributed by atoms with Gasteiger partial charge in [0.15, 0.2) is 0 Å². The molecule has 0 aliphatic carbocycles. The van der Waals surface area contributed by atoms with Crippen LogP contribution in [0.5, 0.6) is 11.5 Å². The maximum atomic E-state index is 5.82. The van der Waals surface area contributed by atoms with Gasteiger partial charge < -0.3 is 15.2 Å². The highest BCUT2D eigenvalue weighted by Crippen LogP contribution is 2.38. The van der Waals surface area contributed by atoms with Crippen molar-refractivity contribution in [3.05, 3.63) is 17.5 Å². The average molecular weight is 209 g/mol. The normalized spacial score (nSPS) is 10.4. The third kappa shape index (κ3) is 1.28. The smallest absolute Gasteiger partial charge is 0.140 e. The molecule has 2 rings (SSSR count). The van der Waals surface area contributed by atoms with Crippen molar-refractivity contribution in [2.45, 2.75) is 0 Å². The summed E-state index contributed by atoms with van der Waals surface area (Å²) >= 11 is 1.58. The van der Waals surface area contributed by atoms with E-state index in [1.165, 1.54) is 0 Å². The van der Waals surface area contributed by atoms with Crippen molar-refractivity contribution < 1.29 is 9.47 Å². The van der Waals surface area contributed by atoms with Gasteiger partial charge in [-0.2, -0.15) is 0 Å². The van der Waals surface area contributed by atoms with Crippen LogP contribution < -0.4 is 15.2 Å². The molecule has 3 nitrogen and oxygen atoms in total. The van der Waals surface area contributed by atoms with Gasteiger partial charge in [0.1, 0.15) is 11.5 Å². The molecular weight excluding hydrogens is 198 g/mol. The Labute approximate surface area is 86.1 Å². The Morgan fingerprint density at radius 2 is 2.00 bits per heavy atom. The first kappa shape index (κ1) is 9.15. The molecule has 4 heteroatoms. The Balaban J connectivity index is 2.76. The molecule has 0 unspecified atom stereocenters. The van der Waals surface area contributed by atoms with Gasteiger partial charge in [-0.25, -0.2) is 0 Å². The molecule has 0 fully saturated rings. The van der Waals surface area contributed by atoms with Crippen molar-refractivity contribution in [3.63, 3.8) is 0 Å². The molecular formula is C10H11NO2S. The van der Waals surface area contributed by atoms with Crippen LogP contribution >= 0.6 is 11.3 Å². The first-order valence-corrected chi connectivity index (χ1v) is 5.03. The maximum absolute atomic E-state index is 5.82. The van der Waals surface area contributed by atoms with Crippen LogP contribution in [0.15, 0.2) is 17.5 Å². The largest absolute Gasteiger partial charge is 0.497 e. The van der Waals surface area contributed by atoms with Gasteiger partial charge in [-0.05, 0) is 6.07 Å². The Kier molecular flexibility index (Phi) is 2.21. The minimum atomic E-state index is 0.763. The third-order valence-electron chi connectivity index (χ3n) is 2.10. The second-order valence-electron chi connectivity index (χ2n) is 2.90. The van der Waals surface area contributed by atoms with Crippen molar-refractivity contribution in [1.29, 1.82) is 0 Å². The number of methoxy groups -OCH3 is 2. The molecule has 74 valence electrons. The monoisotopic (exact) mass is 209 g/mol. The van der Waals surface area contributed by atoms with Gasteiger partial charge in [-0.3, -0.25) is 0 Å². The number of fused-ring (bicyclic) bond motifs is 1. The fourth-order valence-corrected chi connectivity index (χ4v) is 2.30. The number of hydrogen-bond acceptors (Lipinski definition) is 4. The lowest BCUT2D eigenvalue weighted by molar-refractivity contribution is 0.398. The van der Waals surface area contributed by atoms with Crippen LogP contribution in [0.4, 0.5) is 5.69 Å². The van der Waals surface area contributed by atoms with Crippen molar-refractivity contribution in [1.82, 2.24) is 0 Å². The molecule has 0 aliphatic heterocycles. The summed E-state index contributed by atoms with van der Waals surface area (Å²) in [6, 6.07) is 3.78. The van der Waals surface area contributed by atoms with Crippen LogP contribution in [0.2, 0.25) is 0 Å². The van der Waals surface area contributed by atoms with E-state index >= 15 is 0 Å². The van der Waals surface area contributed by atoms with E-state index in [1.807, 2.05) is 17.5 Å². The van der Waals surface area contributed by atoms with Gasteiger partial charge in [0, 0.05) is 16.8 Å². The molecule has 1 aromatic carbocycles. The lowest BCUT2D eigenvalue weighted by Gasteiger charge is -2.05. The van der Waals surface area contributed by atoms with E-state index in [-0.39, 0.29) is 0 Å². The van der Waals surface area contributed by atoms with E-state index < -0.39 is 0 Å². The summed E-state index contributed by atoms with van der Waals surface area (Å²) < 4.78 is 11.5. The zero-order chi connectivity index (χ0) is 10.1. The van der Waals surface area contributed by atoms with Crippen LogP contribution in [0.25, 0.3) is 10.1 Å². The highest BCUT2D eigenvalue weighted by molar-refractivity contribution is 7.18. The molecule has 0 spiro atoms. The van der Waals surface area contributed by atoms with Crippen LogP contribution in [-0.2, 0) is 0 Å². The molecule has 0 atom stereocenters. The summed E-state index contributed by atoms with van der Waals surface area (Å²) in [5.41, 5.74) is 6.59. The molecule has 0 saturated carbocycles. The highest BCUT2D eigenvalue weighted by atomic mass is 32.1. The predicted molar refractivity (Wildman–Crippen MR) is 59.3 cm³/mol. The summed E-state index contributed by atoms with van der Waals surface area (Å²) in [5.74, 6) is 1.57. The van der Waals surface area contributed by atoms with Crippen molar-refractivity contribution in [2.24, 2.45) is 0 Å². The molecule has 0 radical (unpaired) electrons. The first-order chi connectivity index (χ1) is 6.76. The van der Waals surface area contributed by atoms with E-state index in [0.717, 1.165) is 27.3 Å². The SMILES string of the molecule is COc1cc(OC)c2scc(N)c2c1. The zero-order valence-electron chi connectivity index (χ0n) is 8.03. The van der Waals surface area contributed by atoms with Gasteiger partial charge in [-0.15, -0.1) is 11.3 Å². The standard InChI is InChI=1S/C10H11NO2S/c1-12-6-3-7-8(11)5-14-10(7)9(4-6)13-2/h3-5H,11H2,1-2H3. The Morgan fingerprint density at radius 3 is 2.64 bits per heavy atom. The van der Waals surface area contributed by atoms with Crippen molar-refractivity contribution >= 4 is 27.1 Å². The summed E-state index contributed by atoms with van der Waals surface area (Å²) in [5, 5.41) is 2.90. The number of nitrogens with two attached hydrogens (primary N) is 1.